The maximum atomic E-state index is 11.8. The highest BCUT2D eigenvalue weighted by atomic mass is 16.4. The number of aliphatic carboxylic acids is 1. The largest absolute Gasteiger partial charge is 0.480 e. The molecule has 2 rings (SSSR count). The van der Waals surface area contributed by atoms with E-state index in [2.05, 4.69) is 10.6 Å². The van der Waals surface area contributed by atoms with E-state index in [0.29, 0.717) is 6.42 Å². The number of carbonyl (C=O) groups is 2. The molecule has 90 valence electrons. The first-order chi connectivity index (χ1) is 8.08. The maximum absolute atomic E-state index is 11.8. The second-order valence-corrected chi connectivity index (χ2v) is 4.13. The molecule has 1 heterocycles. The van der Waals surface area contributed by atoms with Crippen LogP contribution < -0.4 is 10.6 Å². The van der Waals surface area contributed by atoms with Gasteiger partial charge in [0.2, 0.25) is 5.91 Å². The van der Waals surface area contributed by atoms with Gasteiger partial charge in [-0.05, 0) is 18.6 Å². The molecule has 5 heteroatoms. The van der Waals surface area contributed by atoms with Crippen LogP contribution in [0.5, 0.6) is 0 Å². The monoisotopic (exact) mass is 234 g/mol. The van der Waals surface area contributed by atoms with Gasteiger partial charge in [0.15, 0.2) is 0 Å². The highest BCUT2D eigenvalue weighted by molar-refractivity contribution is 5.90. The fraction of sp³-hybridized carbons (Fsp3) is 0.333. The van der Waals surface area contributed by atoms with Crippen LogP contribution in [0.25, 0.3) is 0 Å². The summed E-state index contributed by atoms with van der Waals surface area (Å²) in [6.07, 6.45) is 0.592. The third-order valence-electron chi connectivity index (χ3n) is 2.82. The number of hydrogen-bond acceptors (Lipinski definition) is 3. The van der Waals surface area contributed by atoms with E-state index in [1.807, 2.05) is 24.3 Å². The molecule has 1 unspecified atom stereocenters. The molecule has 2 atom stereocenters. The van der Waals surface area contributed by atoms with Crippen molar-refractivity contribution in [3.63, 3.8) is 0 Å². The molecule has 1 aliphatic rings. The van der Waals surface area contributed by atoms with Gasteiger partial charge in [0, 0.05) is 12.1 Å². The Bertz CT molecular complexity index is 434. The number of rotatable bonds is 3. The normalized spacial score (nSPS) is 19.0. The van der Waals surface area contributed by atoms with E-state index in [-0.39, 0.29) is 11.9 Å². The van der Waals surface area contributed by atoms with Crippen molar-refractivity contribution in [2.24, 2.45) is 0 Å². The van der Waals surface area contributed by atoms with Crippen molar-refractivity contribution in [3.05, 3.63) is 29.8 Å². The van der Waals surface area contributed by atoms with E-state index >= 15 is 0 Å². The van der Waals surface area contributed by atoms with Crippen molar-refractivity contribution in [2.45, 2.75) is 25.4 Å². The quantitative estimate of drug-likeness (QED) is 0.716. The van der Waals surface area contributed by atoms with Gasteiger partial charge in [0.25, 0.3) is 0 Å². The average Bonchev–Trinajstić information content (AvgIpc) is 2.72. The highest BCUT2D eigenvalue weighted by Crippen LogP contribution is 2.25. The van der Waals surface area contributed by atoms with Gasteiger partial charge in [-0.1, -0.05) is 18.2 Å². The zero-order valence-corrected chi connectivity index (χ0v) is 9.43. The molecule has 0 aromatic heterocycles. The third kappa shape index (κ3) is 2.38. The Hall–Kier alpha value is -2.04. The summed E-state index contributed by atoms with van der Waals surface area (Å²) in [5.74, 6) is -1.31. The number of carbonyl (C=O) groups excluding carboxylic acids is 1. The van der Waals surface area contributed by atoms with Crippen molar-refractivity contribution in [3.8, 4) is 0 Å². The molecule has 17 heavy (non-hydrogen) atoms. The number of hydrogen-bond donors (Lipinski definition) is 3. The summed E-state index contributed by atoms with van der Waals surface area (Å²) in [6.45, 7) is 1.45. The Morgan fingerprint density at radius 3 is 2.82 bits per heavy atom. The number of benzene rings is 1. The number of carboxylic acids is 1. The van der Waals surface area contributed by atoms with Crippen LogP contribution in [0.3, 0.4) is 0 Å². The van der Waals surface area contributed by atoms with Gasteiger partial charge in [-0.3, -0.25) is 9.59 Å². The fourth-order valence-electron chi connectivity index (χ4n) is 1.83. The fourth-order valence-corrected chi connectivity index (χ4v) is 1.83. The molecule has 0 spiro atoms. The van der Waals surface area contributed by atoms with Gasteiger partial charge in [0.05, 0.1) is 0 Å². The Morgan fingerprint density at radius 2 is 2.18 bits per heavy atom. The summed E-state index contributed by atoms with van der Waals surface area (Å²) < 4.78 is 0. The van der Waals surface area contributed by atoms with Crippen LogP contribution in [-0.4, -0.2) is 29.1 Å². The van der Waals surface area contributed by atoms with Gasteiger partial charge < -0.3 is 15.7 Å². The van der Waals surface area contributed by atoms with Gasteiger partial charge >= 0.3 is 5.97 Å². The van der Waals surface area contributed by atoms with E-state index < -0.39 is 12.0 Å². The van der Waals surface area contributed by atoms with Crippen LogP contribution in [0.4, 0.5) is 5.69 Å². The van der Waals surface area contributed by atoms with Crippen LogP contribution in [0.2, 0.25) is 0 Å². The van der Waals surface area contributed by atoms with Crippen LogP contribution in [-0.2, 0) is 16.0 Å². The number of anilines is 1. The van der Waals surface area contributed by atoms with E-state index in [0.717, 1.165) is 11.3 Å². The Balaban J connectivity index is 1.99. The zero-order valence-electron chi connectivity index (χ0n) is 9.43. The summed E-state index contributed by atoms with van der Waals surface area (Å²) in [6, 6.07) is 6.42. The minimum Gasteiger partial charge on any atom is -0.480 e. The third-order valence-corrected chi connectivity index (χ3v) is 2.82. The standard InChI is InChI=1S/C12H14N2O3/c1-7(12(16)17)13-11(15)10-6-8-4-2-3-5-9(8)14-10/h2-5,7,10,14H,6H2,1H3,(H,13,15)(H,16,17)/t7-,10?/m1/s1. The smallest absolute Gasteiger partial charge is 0.325 e. The van der Waals surface area contributed by atoms with Crippen molar-refractivity contribution < 1.29 is 14.7 Å². The summed E-state index contributed by atoms with van der Waals surface area (Å²) in [5.41, 5.74) is 2.02. The molecule has 0 saturated carbocycles. The van der Waals surface area contributed by atoms with Crippen LogP contribution in [0.15, 0.2) is 24.3 Å². The number of nitrogens with one attached hydrogen (secondary N) is 2. The van der Waals surface area contributed by atoms with E-state index in [4.69, 9.17) is 5.11 Å². The molecule has 5 nitrogen and oxygen atoms in total. The molecule has 0 saturated heterocycles. The predicted octanol–water partition coefficient (Wildman–Crippen LogP) is 0.612. The highest BCUT2D eigenvalue weighted by Gasteiger charge is 2.28. The topological polar surface area (TPSA) is 78.4 Å². The summed E-state index contributed by atoms with van der Waals surface area (Å²) in [4.78, 5) is 22.4. The second-order valence-electron chi connectivity index (χ2n) is 4.13. The molecule has 1 aromatic rings. The lowest BCUT2D eigenvalue weighted by molar-refractivity contribution is -0.141. The molecule has 0 fully saturated rings. The van der Waals surface area contributed by atoms with Crippen molar-refractivity contribution in [2.75, 3.05) is 5.32 Å². The number of fused-ring (bicyclic) bond motifs is 1. The summed E-state index contributed by atoms with van der Waals surface area (Å²) in [5, 5.41) is 14.2. The lowest BCUT2D eigenvalue weighted by Gasteiger charge is -2.14. The van der Waals surface area contributed by atoms with Crippen LogP contribution in [0.1, 0.15) is 12.5 Å². The SMILES string of the molecule is C[C@@H](NC(=O)C1Cc2ccccc2N1)C(=O)O. The average molecular weight is 234 g/mol. The molecular formula is C12H14N2O3. The van der Waals surface area contributed by atoms with E-state index in [1.54, 1.807) is 0 Å². The molecule has 3 N–H and O–H groups in total. The number of para-hydroxylation sites is 1. The molecule has 0 aliphatic carbocycles. The van der Waals surface area contributed by atoms with Gasteiger partial charge in [0.1, 0.15) is 12.1 Å². The Labute approximate surface area is 98.8 Å². The molecule has 0 bridgehead atoms. The van der Waals surface area contributed by atoms with Gasteiger partial charge in [-0.2, -0.15) is 0 Å². The Morgan fingerprint density at radius 1 is 1.47 bits per heavy atom. The van der Waals surface area contributed by atoms with Crippen LogP contribution in [0, 0.1) is 0 Å². The number of amides is 1. The number of carboxylic acid groups (broad SMARTS) is 1. The molecule has 0 radical (unpaired) electrons. The van der Waals surface area contributed by atoms with Gasteiger partial charge in [-0.15, -0.1) is 0 Å². The first-order valence-electron chi connectivity index (χ1n) is 5.45. The first-order valence-corrected chi connectivity index (χ1v) is 5.45. The zero-order chi connectivity index (χ0) is 12.4. The summed E-state index contributed by atoms with van der Waals surface area (Å²) in [7, 11) is 0. The van der Waals surface area contributed by atoms with Crippen molar-refractivity contribution in [1.29, 1.82) is 0 Å². The van der Waals surface area contributed by atoms with Crippen LogP contribution >= 0.6 is 0 Å². The lowest BCUT2D eigenvalue weighted by atomic mass is 10.1. The van der Waals surface area contributed by atoms with Crippen molar-refractivity contribution in [1.82, 2.24) is 5.32 Å². The summed E-state index contributed by atoms with van der Waals surface area (Å²) >= 11 is 0. The van der Waals surface area contributed by atoms with Crippen molar-refractivity contribution >= 4 is 17.6 Å². The van der Waals surface area contributed by atoms with E-state index in [9.17, 15) is 9.59 Å². The molecule has 1 aromatic carbocycles. The predicted molar refractivity (Wildman–Crippen MR) is 62.8 cm³/mol. The van der Waals surface area contributed by atoms with Gasteiger partial charge in [-0.25, -0.2) is 0 Å². The first kappa shape index (κ1) is 11.4. The minimum atomic E-state index is -1.03. The maximum Gasteiger partial charge on any atom is 0.325 e. The molecule has 1 aliphatic heterocycles. The van der Waals surface area contributed by atoms with E-state index in [1.165, 1.54) is 6.92 Å². The lowest BCUT2D eigenvalue weighted by Crippen LogP contribution is -2.45. The Kier molecular flexibility index (Phi) is 2.99. The molecular weight excluding hydrogens is 220 g/mol. The molecule has 1 amide bonds. The second kappa shape index (κ2) is 4.45. The minimum absolute atomic E-state index is 0.281.